The maximum absolute atomic E-state index is 12.3. The van der Waals surface area contributed by atoms with E-state index in [1.165, 1.54) is 12.4 Å². The second-order valence-corrected chi connectivity index (χ2v) is 4.51. The number of nitrogens with zero attached hydrogens (tertiary/aromatic N) is 3. The number of likely N-dealkylation sites (tertiary alicyclic amines) is 1. The van der Waals surface area contributed by atoms with Crippen LogP contribution in [-0.4, -0.2) is 39.4 Å². The molecule has 0 spiro atoms. The van der Waals surface area contributed by atoms with Gasteiger partial charge < -0.3 is 10.6 Å². The van der Waals surface area contributed by atoms with Crippen molar-refractivity contribution in [2.24, 2.45) is 5.73 Å². The molecule has 1 aromatic rings. The van der Waals surface area contributed by atoms with Crippen LogP contribution < -0.4 is 5.73 Å². The largest absolute Gasteiger partial charge is 0.333 e. The van der Waals surface area contributed by atoms with Gasteiger partial charge in [-0.1, -0.05) is 0 Å². The Bertz CT molecular complexity index is 379. The second-order valence-electron chi connectivity index (χ2n) is 4.51. The summed E-state index contributed by atoms with van der Waals surface area (Å²) in [4.78, 5) is 22.1. The van der Waals surface area contributed by atoms with E-state index in [-0.39, 0.29) is 18.0 Å². The van der Waals surface area contributed by atoms with Crippen LogP contribution in [0.5, 0.6) is 0 Å². The second kappa shape index (κ2) is 5.23. The zero-order chi connectivity index (χ0) is 12.3. The van der Waals surface area contributed by atoms with Gasteiger partial charge in [0, 0.05) is 31.0 Å². The molecular weight excluding hydrogens is 216 g/mol. The molecule has 92 valence electrons. The smallest absolute Gasteiger partial charge is 0.274 e. The normalized spacial score (nSPS) is 22.2. The van der Waals surface area contributed by atoms with E-state index in [0.29, 0.717) is 5.69 Å². The van der Waals surface area contributed by atoms with Crippen LogP contribution in [0, 0.1) is 0 Å². The molecule has 2 N–H and O–H groups in total. The van der Waals surface area contributed by atoms with Gasteiger partial charge in [0.25, 0.3) is 5.91 Å². The summed E-state index contributed by atoms with van der Waals surface area (Å²) < 4.78 is 0. The molecule has 0 radical (unpaired) electrons. The zero-order valence-corrected chi connectivity index (χ0v) is 10.0. The van der Waals surface area contributed by atoms with Gasteiger partial charge in [-0.2, -0.15) is 0 Å². The molecule has 1 fully saturated rings. The predicted molar refractivity (Wildman–Crippen MR) is 64.4 cm³/mol. The molecule has 1 aliphatic heterocycles. The summed E-state index contributed by atoms with van der Waals surface area (Å²) >= 11 is 0. The van der Waals surface area contributed by atoms with Crippen molar-refractivity contribution in [1.82, 2.24) is 14.9 Å². The molecule has 0 aliphatic carbocycles. The first-order chi connectivity index (χ1) is 8.20. The van der Waals surface area contributed by atoms with Crippen LogP contribution in [0.3, 0.4) is 0 Å². The van der Waals surface area contributed by atoms with Gasteiger partial charge in [-0.25, -0.2) is 4.98 Å². The number of nitrogens with two attached hydrogens (primary N) is 1. The average molecular weight is 234 g/mol. The first-order valence-electron chi connectivity index (χ1n) is 6.02. The summed E-state index contributed by atoms with van der Waals surface area (Å²) in [6.45, 7) is 2.72. The summed E-state index contributed by atoms with van der Waals surface area (Å²) in [5, 5.41) is 0. The number of carbonyl (C=O) groups is 1. The van der Waals surface area contributed by atoms with Crippen LogP contribution in [0.25, 0.3) is 0 Å². The minimum Gasteiger partial charge on any atom is -0.333 e. The van der Waals surface area contributed by atoms with Gasteiger partial charge >= 0.3 is 0 Å². The van der Waals surface area contributed by atoms with E-state index < -0.39 is 0 Å². The third kappa shape index (κ3) is 2.61. The number of rotatable bonds is 2. The Morgan fingerprint density at radius 3 is 3.00 bits per heavy atom. The number of amides is 1. The molecule has 1 aliphatic rings. The molecule has 1 amide bonds. The summed E-state index contributed by atoms with van der Waals surface area (Å²) in [5.41, 5.74) is 6.35. The topological polar surface area (TPSA) is 72.1 Å². The van der Waals surface area contributed by atoms with E-state index in [2.05, 4.69) is 9.97 Å². The van der Waals surface area contributed by atoms with Crippen LogP contribution in [0.15, 0.2) is 18.6 Å². The molecule has 5 heteroatoms. The first-order valence-corrected chi connectivity index (χ1v) is 6.02. The van der Waals surface area contributed by atoms with Crippen LogP contribution in [-0.2, 0) is 0 Å². The number of carbonyl (C=O) groups excluding carboxylic acids is 1. The molecule has 0 unspecified atom stereocenters. The van der Waals surface area contributed by atoms with E-state index in [1.54, 1.807) is 6.20 Å². The van der Waals surface area contributed by atoms with Crippen LogP contribution in [0.2, 0.25) is 0 Å². The van der Waals surface area contributed by atoms with Gasteiger partial charge in [0.15, 0.2) is 0 Å². The Balaban J connectivity index is 2.17. The predicted octanol–water partition coefficient (Wildman–Crippen LogP) is 0.818. The lowest BCUT2D eigenvalue weighted by molar-refractivity contribution is 0.0577. The highest BCUT2D eigenvalue weighted by Gasteiger charge is 2.30. The molecule has 17 heavy (non-hydrogen) atoms. The van der Waals surface area contributed by atoms with Gasteiger partial charge in [0.2, 0.25) is 0 Å². The number of hydrogen-bond donors (Lipinski definition) is 1. The lowest BCUT2D eigenvalue weighted by atomic mass is 9.96. The fourth-order valence-electron chi connectivity index (χ4n) is 2.31. The molecule has 2 heterocycles. The summed E-state index contributed by atoms with van der Waals surface area (Å²) in [6.07, 6.45) is 7.76. The van der Waals surface area contributed by atoms with Gasteiger partial charge in [-0.05, 0) is 26.2 Å². The minimum absolute atomic E-state index is 0.00378. The molecular formula is C12H18N4O. The molecule has 5 nitrogen and oxygen atoms in total. The Hall–Kier alpha value is -1.49. The standard InChI is InChI=1S/C12H18N4O/c1-9(13)11-4-2-3-7-16(11)12(17)10-8-14-5-6-15-10/h5-6,8-9,11H,2-4,7,13H2,1H3/t9-,11-/m1/s1. The molecule has 2 atom stereocenters. The van der Waals surface area contributed by atoms with Gasteiger partial charge in [-0.3, -0.25) is 9.78 Å². The molecule has 2 rings (SSSR count). The highest BCUT2D eigenvalue weighted by molar-refractivity contribution is 5.92. The fraction of sp³-hybridized carbons (Fsp3) is 0.583. The Kier molecular flexibility index (Phi) is 3.68. The number of piperidine rings is 1. The third-order valence-electron chi connectivity index (χ3n) is 3.20. The maximum Gasteiger partial charge on any atom is 0.274 e. The molecule has 1 saturated heterocycles. The van der Waals surface area contributed by atoms with Crippen LogP contribution in [0.4, 0.5) is 0 Å². The van der Waals surface area contributed by atoms with Crippen molar-refractivity contribution in [2.75, 3.05) is 6.54 Å². The van der Waals surface area contributed by atoms with E-state index in [4.69, 9.17) is 5.73 Å². The average Bonchev–Trinajstić information content (AvgIpc) is 2.39. The summed E-state index contributed by atoms with van der Waals surface area (Å²) in [5.74, 6) is -0.0555. The van der Waals surface area contributed by atoms with Crippen molar-refractivity contribution in [3.8, 4) is 0 Å². The van der Waals surface area contributed by atoms with Crippen LogP contribution >= 0.6 is 0 Å². The molecule has 1 aromatic heterocycles. The number of aromatic nitrogens is 2. The van der Waals surface area contributed by atoms with Gasteiger partial charge in [0.1, 0.15) is 5.69 Å². The molecule has 0 bridgehead atoms. The van der Waals surface area contributed by atoms with Gasteiger partial charge in [-0.15, -0.1) is 0 Å². The van der Waals surface area contributed by atoms with Crippen molar-refractivity contribution in [1.29, 1.82) is 0 Å². The van der Waals surface area contributed by atoms with E-state index in [1.807, 2.05) is 11.8 Å². The monoisotopic (exact) mass is 234 g/mol. The highest BCUT2D eigenvalue weighted by Crippen LogP contribution is 2.20. The van der Waals surface area contributed by atoms with Crippen molar-refractivity contribution in [3.63, 3.8) is 0 Å². The van der Waals surface area contributed by atoms with Gasteiger partial charge in [0.05, 0.1) is 6.20 Å². The third-order valence-corrected chi connectivity index (χ3v) is 3.20. The lowest BCUT2D eigenvalue weighted by Gasteiger charge is -2.37. The number of hydrogen-bond acceptors (Lipinski definition) is 4. The quantitative estimate of drug-likeness (QED) is 0.822. The zero-order valence-electron chi connectivity index (χ0n) is 10.0. The van der Waals surface area contributed by atoms with Crippen molar-refractivity contribution >= 4 is 5.91 Å². The maximum atomic E-state index is 12.3. The lowest BCUT2D eigenvalue weighted by Crippen LogP contribution is -2.51. The summed E-state index contributed by atoms with van der Waals surface area (Å²) in [6, 6.07) is 0.120. The first kappa shape index (κ1) is 12.0. The van der Waals surface area contributed by atoms with E-state index in [9.17, 15) is 4.79 Å². The minimum atomic E-state index is -0.0555. The summed E-state index contributed by atoms with van der Waals surface area (Å²) in [7, 11) is 0. The Morgan fingerprint density at radius 1 is 1.53 bits per heavy atom. The van der Waals surface area contributed by atoms with Crippen molar-refractivity contribution in [2.45, 2.75) is 38.3 Å². The van der Waals surface area contributed by atoms with E-state index >= 15 is 0 Å². The highest BCUT2D eigenvalue weighted by atomic mass is 16.2. The van der Waals surface area contributed by atoms with Crippen LogP contribution in [0.1, 0.15) is 36.7 Å². The van der Waals surface area contributed by atoms with Crippen molar-refractivity contribution in [3.05, 3.63) is 24.3 Å². The van der Waals surface area contributed by atoms with Crippen molar-refractivity contribution < 1.29 is 4.79 Å². The fourth-order valence-corrected chi connectivity index (χ4v) is 2.31. The Morgan fingerprint density at radius 2 is 2.35 bits per heavy atom. The van der Waals surface area contributed by atoms with E-state index in [0.717, 1.165) is 25.8 Å². The Labute approximate surface area is 101 Å². The molecule has 0 aromatic carbocycles. The molecule has 0 saturated carbocycles. The SMILES string of the molecule is C[C@@H](N)[C@H]1CCCCN1C(=O)c1cnccn1.